The zero-order valence-corrected chi connectivity index (χ0v) is 7.83. The SMILES string of the molecule is C/C=C(/CO)C1COC(C)(C)O1. The van der Waals surface area contributed by atoms with Crippen LogP contribution >= 0.6 is 0 Å². The zero-order chi connectivity index (χ0) is 9.19. The first-order valence-corrected chi connectivity index (χ1v) is 4.17. The van der Waals surface area contributed by atoms with Gasteiger partial charge in [-0.3, -0.25) is 0 Å². The van der Waals surface area contributed by atoms with Crippen molar-refractivity contribution in [3.05, 3.63) is 11.6 Å². The third-order valence-electron chi connectivity index (χ3n) is 1.98. The summed E-state index contributed by atoms with van der Waals surface area (Å²) in [6, 6.07) is 0. The van der Waals surface area contributed by atoms with Crippen LogP contribution in [-0.2, 0) is 9.47 Å². The van der Waals surface area contributed by atoms with Crippen molar-refractivity contribution in [2.75, 3.05) is 13.2 Å². The maximum atomic E-state index is 8.95. The van der Waals surface area contributed by atoms with Gasteiger partial charge in [0.1, 0.15) is 6.10 Å². The Labute approximate surface area is 73.0 Å². The Balaban J connectivity index is 2.57. The maximum absolute atomic E-state index is 8.95. The molecule has 0 spiro atoms. The van der Waals surface area contributed by atoms with Crippen molar-refractivity contribution >= 4 is 0 Å². The van der Waals surface area contributed by atoms with E-state index in [0.717, 1.165) is 5.57 Å². The lowest BCUT2D eigenvalue weighted by atomic mass is 10.1. The summed E-state index contributed by atoms with van der Waals surface area (Å²) in [6.45, 7) is 6.21. The molecule has 1 atom stereocenters. The smallest absolute Gasteiger partial charge is 0.163 e. The first-order valence-electron chi connectivity index (χ1n) is 4.17. The minimum atomic E-state index is -0.506. The van der Waals surface area contributed by atoms with E-state index in [9.17, 15) is 0 Å². The van der Waals surface area contributed by atoms with Crippen molar-refractivity contribution in [1.29, 1.82) is 0 Å². The fourth-order valence-electron chi connectivity index (χ4n) is 1.25. The van der Waals surface area contributed by atoms with Crippen molar-refractivity contribution in [3.63, 3.8) is 0 Å². The highest BCUT2D eigenvalue weighted by Crippen LogP contribution is 2.26. The number of hydrogen-bond donors (Lipinski definition) is 1. The van der Waals surface area contributed by atoms with E-state index in [2.05, 4.69) is 0 Å². The molecule has 1 unspecified atom stereocenters. The second kappa shape index (κ2) is 3.56. The van der Waals surface area contributed by atoms with Gasteiger partial charge in [0.05, 0.1) is 13.2 Å². The highest BCUT2D eigenvalue weighted by atomic mass is 16.7. The highest BCUT2D eigenvalue weighted by Gasteiger charge is 2.33. The molecule has 0 amide bonds. The second-order valence-electron chi connectivity index (χ2n) is 3.34. The lowest BCUT2D eigenvalue weighted by molar-refractivity contribution is -0.134. The van der Waals surface area contributed by atoms with Gasteiger partial charge in [-0.05, 0) is 26.3 Å². The van der Waals surface area contributed by atoms with Crippen LogP contribution in [0.15, 0.2) is 11.6 Å². The van der Waals surface area contributed by atoms with Crippen LogP contribution in [0.25, 0.3) is 0 Å². The molecular formula is C9H16O3. The number of aliphatic hydroxyl groups excluding tert-OH is 1. The third kappa shape index (κ3) is 2.06. The Kier molecular flexibility index (Phi) is 2.88. The van der Waals surface area contributed by atoms with E-state index in [4.69, 9.17) is 14.6 Å². The number of aliphatic hydroxyl groups is 1. The molecule has 1 saturated heterocycles. The average molecular weight is 172 g/mol. The summed E-state index contributed by atoms with van der Waals surface area (Å²) >= 11 is 0. The number of hydrogen-bond acceptors (Lipinski definition) is 3. The molecule has 3 nitrogen and oxygen atoms in total. The van der Waals surface area contributed by atoms with Gasteiger partial charge < -0.3 is 14.6 Å². The standard InChI is InChI=1S/C9H16O3/c1-4-7(5-10)8-6-11-9(2,3)12-8/h4,8,10H,5-6H2,1-3H3/b7-4-. The molecule has 0 saturated carbocycles. The third-order valence-corrected chi connectivity index (χ3v) is 1.98. The molecule has 0 aliphatic carbocycles. The van der Waals surface area contributed by atoms with E-state index in [1.54, 1.807) is 0 Å². The van der Waals surface area contributed by atoms with Gasteiger partial charge in [-0.25, -0.2) is 0 Å². The fraction of sp³-hybridized carbons (Fsp3) is 0.778. The van der Waals surface area contributed by atoms with Crippen LogP contribution in [-0.4, -0.2) is 30.2 Å². The van der Waals surface area contributed by atoms with Crippen molar-refractivity contribution in [2.45, 2.75) is 32.7 Å². The molecule has 1 aliphatic heterocycles. The lowest BCUT2D eigenvalue weighted by Crippen LogP contribution is -2.23. The molecule has 1 N–H and O–H groups in total. The van der Waals surface area contributed by atoms with Crippen LogP contribution in [0.5, 0.6) is 0 Å². The molecular weight excluding hydrogens is 156 g/mol. The van der Waals surface area contributed by atoms with Gasteiger partial charge in [0, 0.05) is 0 Å². The van der Waals surface area contributed by atoms with E-state index in [1.807, 2.05) is 26.8 Å². The summed E-state index contributed by atoms with van der Waals surface area (Å²) in [4.78, 5) is 0. The van der Waals surface area contributed by atoms with Gasteiger partial charge >= 0.3 is 0 Å². The zero-order valence-electron chi connectivity index (χ0n) is 7.83. The normalized spacial score (nSPS) is 29.3. The number of ether oxygens (including phenoxy) is 2. The molecule has 1 heterocycles. The van der Waals surface area contributed by atoms with Gasteiger partial charge in [0.2, 0.25) is 0 Å². The van der Waals surface area contributed by atoms with Crippen molar-refractivity contribution < 1.29 is 14.6 Å². The van der Waals surface area contributed by atoms with Crippen LogP contribution in [0.1, 0.15) is 20.8 Å². The fourth-order valence-corrected chi connectivity index (χ4v) is 1.25. The second-order valence-corrected chi connectivity index (χ2v) is 3.34. The summed E-state index contributed by atoms with van der Waals surface area (Å²) < 4.78 is 10.9. The van der Waals surface area contributed by atoms with Crippen molar-refractivity contribution in [1.82, 2.24) is 0 Å². The monoisotopic (exact) mass is 172 g/mol. The van der Waals surface area contributed by atoms with E-state index in [1.165, 1.54) is 0 Å². The first-order chi connectivity index (χ1) is 5.59. The van der Waals surface area contributed by atoms with Crippen LogP contribution in [0, 0.1) is 0 Å². The van der Waals surface area contributed by atoms with Crippen LogP contribution in [0.2, 0.25) is 0 Å². The van der Waals surface area contributed by atoms with Crippen LogP contribution in [0.4, 0.5) is 0 Å². The highest BCUT2D eigenvalue weighted by molar-refractivity contribution is 5.09. The molecule has 0 radical (unpaired) electrons. The molecule has 0 aromatic heterocycles. The molecule has 12 heavy (non-hydrogen) atoms. The molecule has 70 valence electrons. The van der Waals surface area contributed by atoms with Crippen LogP contribution < -0.4 is 0 Å². The van der Waals surface area contributed by atoms with Gasteiger partial charge in [-0.1, -0.05) is 6.08 Å². The minimum Gasteiger partial charge on any atom is -0.392 e. The van der Waals surface area contributed by atoms with Gasteiger partial charge in [-0.2, -0.15) is 0 Å². The predicted molar refractivity (Wildman–Crippen MR) is 45.7 cm³/mol. The Morgan fingerprint density at radius 3 is 2.67 bits per heavy atom. The Bertz CT molecular complexity index is 184. The Morgan fingerprint density at radius 1 is 1.67 bits per heavy atom. The molecule has 0 aromatic carbocycles. The predicted octanol–water partition coefficient (Wildman–Crippen LogP) is 1.08. The summed E-state index contributed by atoms with van der Waals surface area (Å²) in [5.41, 5.74) is 0.889. The van der Waals surface area contributed by atoms with E-state index in [0.29, 0.717) is 6.61 Å². The summed E-state index contributed by atoms with van der Waals surface area (Å²) in [7, 11) is 0. The molecule has 0 aromatic rings. The van der Waals surface area contributed by atoms with Crippen molar-refractivity contribution in [2.24, 2.45) is 0 Å². The van der Waals surface area contributed by atoms with Gasteiger partial charge in [-0.15, -0.1) is 0 Å². The lowest BCUT2D eigenvalue weighted by Gasteiger charge is -2.17. The maximum Gasteiger partial charge on any atom is 0.163 e. The molecule has 0 bridgehead atoms. The molecule has 1 aliphatic rings. The van der Waals surface area contributed by atoms with E-state index >= 15 is 0 Å². The number of allylic oxidation sites excluding steroid dienone is 1. The van der Waals surface area contributed by atoms with Crippen molar-refractivity contribution in [3.8, 4) is 0 Å². The molecule has 1 rings (SSSR count). The Morgan fingerprint density at radius 2 is 2.33 bits per heavy atom. The summed E-state index contributed by atoms with van der Waals surface area (Å²) in [5, 5.41) is 8.95. The van der Waals surface area contributed by atoms with Crippen LogP contribution in [0.3, 0.4) is 0 Å². The minimum absolute atomic E-state index is 0.0423. The molecule has 3 heteroatoms. The van der Waals surface area contributed by atoms with E-state index < -0.39 is 5.79 Å². The first kappa shape index (κ1) is 9.71. The summed E-state index contributed by atoms with van der Waals surface area (Å²) in [6.07, 6.45) is 1.80. The Hall–Kier alpha value is -0.380. The quantitative estimate of drug-likeness (QED) is 0.633. The molecule has 1 fully saturated rings. The number of rotatable bonds is 2. The largest absolute Gasteiger partial charge is 0.392 e. The van der Waals surface area contributed by atoms with Gasteiger partial charge in [0.15, 0.2) is 5.79 Å². The van der Waals surface area contributed by atoms with Gasteiger partial charge in [0.25, 0.3) is 0 Å². The topological polar surface area (TPSA) is 38.7 Å². The summed E-state index contributed by atoms with van der Waals surface area (Å²) in [5.74, 6) is -0.506. The van der Waals surface area contributed by atoms with E-state index in [-0.39, 0.29) is 12.7 Å². The average Bonchev–Trinajstić information content (AvgIpc) is 2.34.